The fourth-order valence-electron chi connectivity index (χ4n) is 1.97. The predicted octanol–water partition coefficient (Wildman–Crippen LogP) is 3.79. The summed E-state index contributed by atoms with van der Waals surface area (Å²) in [6.07, 6.45) is 1.80. The lowest BCUT2D eigenvalue weighted by Crippen LogP contribution is -2.09. The fraction of sp³-hybridized carbons (Fsp3) is 0.375. The standard InChI is InChI=1S/C16H18INO4/c1-5-20-14-8-11(6-12-10(4)18-22-16(12)19)7-13(17)15(14)21-9(2)3/h6-9H,5H2,1-4H3. The summed E-state index contributed by atoms with van der Waals surface area (Å²) in [4.78, 5) is 16.3. The largest absolute Gasteiger partial charge is 0.490 e. The minimum absolute atomic E-state index is 0.0520. The highest BCUT2D eigenvalue weighted by atomic mass is 127. The average Bonchev–Trinajstić information content (AvgIpc) is 2.74. The maximum absolute atomic E-state index is 11.6. The van der Waals surface area contributed by atoms with Crippen molar-refractivity contribution in [3.8, 4) is 11.5 Å². The zero-order chi connectivity index (χ0) is 16.3. The molecule has 0 saturated carbocycles. The van der Waals surface area contributed by atoms with Crippen molar-refractivity contribution < 1.29 is 19.1 Å². The first-order valence-electron chi connectivity index (χ1n) is 7.03. The van der Waals surface area contributed by atoms with E-state index in [1.54, 1.807) is 13.0 Å². The molecule has 0 radical (unpaired) electrons. The van der Waals surface area contributed by atoms with Crippen molar-refractivity contribution in [3.05, 3.63) is 26.8 Å². The van der Waals surface area contributed by atoms with Crippen LogP contribution in [0.3, 0.4) is 0 Å². The Labute approximate surface area is 143 Å². The van der Waals surface area contributed by atoms with Crippen LogP contribution in [0.1, 0.15) is 33.3 Å². The van der Waals surface area contributed by atoms with Crippen molar-refractivity contribution in [1.29, 1.82) is 0 Å². The summed E-state index contributed by atoms with van der Waals surface area (Å²) in [5.41, 5.74) is 1.86. The van der Waals surface area contributed by atoms with Gasteiger partial charge in [-0.2, -0.15) is 0 Å². The highest BCUT2D eigenvalue weighted by molar-refractivity contribution is 14.1. The molecule has 0 saturated heterocycles. The van der Waals surface area contributed by atoms with Crippen LogP contribution < -0.4 is 9.47 Å². The van der Waals surface area contributed by atoms with Gasteiger partial charge in [-0.3, -0.25) is 0 Å². The maximum atomic E-state index is 11.6. The van der Waals surface area contributed by atoms with Crippen LogP contribution in [-0.2, 0) is 9.63 Å². The maximum Gasteiger partial charge on any atom is 0.367 e. The van der Waals surface area contributed by atoms with Gasteiger partial charge in [0.15, 0.2) is 11.5 Å². The number of hydrogen-bond acceptors (Lipinski definition) is 5. The minimum atomic E-state index is -0.437. The smallest absolute Gasteiger partial charge is 0.367 e. The number of halogens is 1. The lowest BCUT2D eigenvalue weighted by Gasteiger charge is -2.17. The van der Waals surface area contributed by atoms with Gasteiger partial charge in [0.05, 0.1) is 27.6 Å². The summed E-state index contributed by atoms with van der Waals surface area (Å²) in [6.45, 7) is 8.13. The van der Waals surface area contributed by atoms with E-state index in [1.807, 2.05) is 32.9 Å². The normalized spacial score (nSPS) is 16.0. The molecule has 0 unspecified atom stereocenters. The van der Waals surface area contributed by atoms with Crippen molar-refractivity contribution in [2.24, 2.45) is 5.16 Å². The van der Waals surface area contributed by atoms with E-state index in [-0.39, 0.29) is 6.10 Å². The molecule has 1 aliphatic heterocycles. The molecule has 0 fully saturated rings. The summed E-state index contributed by atoms with van der Waals surface area (Å²) in [6, 6.07) is 3.79. The number of nitrogens with zero attached hydrogens (tertiary/aromatic N) is 1. The Morgan fingerprint density at radius 3 is 2.68 bits per heavy atom. The number of hydrogen-bond donors (Lipinski definition) is 0. The average molecular weight is 415 g/mol. The molecule has 0 spiro atoms. The lowest BCUT2D eigenvalue weighted by atomic mass is 10.1. The summed E-state index contributed by atoms with van der Waals surface area (Å²) >= 11 is 2.20. The molecule has 0 aliphatic carbocycles. The third-order valence-electron chi connectivity index (χ3n) is 2.87. The van der Waals surface area contributed by atoms with Gasteiger partial charge in [0, 0.05) is 0 Å². The monoisotopic (exact) mass is 415 g/mol. The topological polar surface area (TPSA) is 57.1 Å². The number of carbonyl (C=O) groups excluding carboxylic acids is 1. The van der Waals surface area contributed by atoms with E-state index < -0.39 is 5.97 Å². The van der Waals surface area contributed by atoms with Crippen molar-refractivity contribution >= 4 is 40.3 Å². The molecule has 1 aliphatic rings. The first kappa shape index (κ1) is 16.8. The second-order valence-corrected chi connectivity index (χ2v) is 6.21. The number of oxime groups is 1. The molecule has 118 valence electrons. The Morgan fingerprint density at radius 1 is 1.41 bits per heavy atom. The van der Waals surface area contributed by atoms with Crippen LogP contribution in [0.25, 0.3) is 6.08 Å². The molecule has 2 rings (SSSR count). The highest BCUT2D eigenvalue weighted by Crippen LogP contribution is 2.35. The van der Waals surface area contributed by atoms with Gasteiger partial charge >= 0.3 is 5.97 Å². The quantitative estimate of drug-likeness (QED) is 0.417. The van der Waals surface area contributed by atoms with Gasteiger partial charge < -0.3 is 14.3 Å². The number of benzene rings is 1. The van der Waals surface area contributed by atoms with E-state index >= 15 is 0 Å². The van der Waals surface area contributed by atoms with Crippen LogP contribution >= 0.6 is 22.6 Å². The van der Waals surface area contributed by atoms with Crippen molar-refractivity contribution in [2.75, 3.05) is 6.61 Å². The Hall–Kier alpha value is -1.57. The van der Waals surface area contributed by atoms with Gasteiger partial charge in [0.1, 0.15) is 0 Å². The third-order valence-corrected chi connectivity index (χ3v) is 3.67. The zero-order valence-corrected chi connectivity index (χ0v) is 15.1. The molecular formula is C16H18INO4. The van der Waals surface area contributed by atoms with Crippen LogP contribution in [0.2, 0.25) is 0 Å². The van der Waals surface area contributed by atoms with E-state index in [0.717, 1.165) is 14.9 Å². The van der Waals surface area contributed by atoms with E-state index in [9.17, 15) is 4.79 Å². The van der Waals surface area contributed by atoms with Gasteiger partial charge in [0.25, 0.3) is 0 Å². The van der Waals surface area contributed by atoms with E-state index in [1.165, 1.54) is 0 Å². The van der Waals surface area contributed by atoms with Crippen LogP contribution in [0.4, 0.5) is 0 Å². The van der Waals surface area contributed by atoms with Crippen molar-refractivity contribution in [1.82, 2.24) is 0 Å². The van der Waals surface area contributed by atoms with Gasteiger partial charge in [-0.25, -0.2) is 4.79 Å². The Balaban J connectivity index is 2.44. The lowest BCUT2D eigenvalue weighted by molar-refractivity contribution is -0.136. The van der Waals surface area contributed by atoms with Gasteiger partial charge in [0.2, 0.25) is 0 Å². The van der Waals surface area contributed by atoms with Crippen molar-refractivity contribution in [3.63, 3.8) is 0 Å². The second kappa shape index (κ2) is 7.13. The molecule has 22 heavy (non-hydrogen) atoms. The summed E-state index contributed by atoms with van der Waals surface area (Å²) in [5, 5.41) is 3.67. The van der Waals surface area contributed by atoms with Gasteiger partial charge in [-0.1, -0.05) is 5.16 Å². The third kappa shape index (κ3) is 3.79. The van der Waals surface area contributed by atoms with Gasteiger partial charge in [-0.15, -0.1) is 0 Å². The SMILES string of the molecule is CCOc1cc(C=C2C(=O)ON=C2C)cc(I)c1OC(C)C. The molecule has 0 atom stereocenters. The summed E-state index contributed by atoms with van der Waals surface area (Å²) in [7, 11) is 0. The number of carbonyl (C=O) groups is 1. The Kier molecular flexibility index (Phi) is 5.44. The molecule has 0 amide bonds. The van der Waals surface area contributed by atoms with E-state index in [0.29, 0.717) is 23.6 Å². The first-order chi connectivity index (χ1) is 10.4. The zero-order valence-electron chi connectivity index (χ0n) is 13.0. The highest BCUT2D eigenvalue weighted by Gasteiger charge is 2.22. The van der Waals surface area contributed by atoms with Crippen LogP contribution in [-0.4, -0.2) is 24.4 Å². The van der Waals surface area contributed by atoms with Crippen molar-refractivity contribution in [2.45, 2.75) is 33.8 Å². The van der Waals surface area contributed by atoms with Crippen LogP contribution in [0.15, 0.2) is 22.9 Å². The molecule has 1 aromatic carbocycles. The fourth-order valence-corrected chi connectivity index (χ4v) is 2.72. The number of rotatable bonds is 5. The summed E-state index contributed by atoms with van der Waals surface area (Å²) in [5.74, 6) is 0.947. The molecule has 0 N–H and O–H groups in total. The number of ether oxygens (including phenoxy) is 2. The first-order valence-corrected chi connectivity index (χ1v) is 8.11. The molecular weight excluding hydrogens is 397 g/mol. The Bertz CT molecular complexity index is 650. The predicted molar refractivity (Wildman–Crippen MR) is 93.3 cm³/mol. The summed E-state index contributed by atoms with van der Waals surface area (Å²) < 4.78 is 12.4. The molecule has 1 aromatic rings. The molecule has 6 heteroatoms. The Morgan fingerprint density at radius 2 is 2.14 bits per heavy atom. The molecule has 0 bridgehead atoms. The van der Waals surface area contributed by atoms with Crippen LogP contribution in [0, 0.1) is 3.57 Å². The van der Waals surface area contributed by atoms with E-state index in [4.69, 9.17) is 9.47 Å². The van der Waals surface area contributed by atoms with Gasteiger partial charge in [-0.05, 0) is 74.1 Å². The molecule has 0 aromatic heterocycles. The molecule has 5 nitrogen and oxygen atoms in total. The minimum Gasteiger partial charge on any atom is -0.490 e. The molecule has 1 heterocycles. The second-order valence-electron chi connectivity index (χ2n) is 5.04. The van der Waals surface area contributed by atoms with Crippen LogP contribution in [0.5, 0.6) is 11.5 Å². The van der Waals surface area contributed by atoms with E-state index in [2.05, 4.69) is 32.6 Å².